The molecule has 1 aliphatic rings. The second-order valence-electron chi connectivity index (χ2n) is 5.76. The van der Waals surface area contributed by atoms with Crippen molar-refractivity contribution in [2.45, 2.75) is 52.1 Å². The lowest BCUT2D eigenvalue weighted by Crippen LogP contribution is -2.20. The molecule has 25 heavy (non-hydrogen) atoms. The van der Waals surface area contributed by atoms with Gasteiger partial charge in [0.05, 0.1) is 6.61 Å². The fourth-order valence-electron chi connectivity index (χ4n) is 2.34. The third-order valence-electron chi connectivity index (χ3n) is 3.69. The summed E-state index contributed by atoms with van der Waals surface area (Å²) in [5.41, 5.74) is -0.0424. The Morgan fingerprint density at radius 1 is 1.28 bits per heavy atom. The number of cyclic esters (lactones) is 1. The second-order valence-corrected chi connectivity index (χ2v) is 6.22. The van der Waals surface area contributed by atoms with Gasteiger partial charge in [-0.15, -0.1) is 0 Å². The van der Waals surface area contributed by atoms with E-state index in [1.54, 1.807) is 19.9 Å². The van der Waals surface area contributed by atoms with Crippen molar-refractivity contribution in [3.05, 3.63) is 46.2 Å². The molecule has 1 atom stereocenters. The Kier molecular flexibility index (Phi) is 9.24. The minimum atomic E-state index is -0.754. The highest BCUT2D eigenvalue weighted by Crippen LogP contribution is 2.27. The summed E-state index contributed by atoms with van der Waals surface area (Å²) < 4.78 is 5.38. The lowest BCUT2D eigenvalue weighted by molar-refractivity contribution is -0.143. The van der Waals surface area contributed by atoms with Crippen molar-refractivity contribution < 1.29 is 24.5 Å². The average molecular weight is 369 g/mol. The molecule has 0 bridgehead atoms. The first kappa shape index (κ1) is 21.2. The topological polar surface area (TPSA) is 83.8 Å². The van der Waals surface area contributed by atoms with Crippen LogP contribution in [0.2, 0.25) is 0 Å². The van der Waals surface area contributed by atoms with Crippen LogP contribution in [0.3, 0.4) is 0 Å². The molecular weight excluding hydrogens is 344 g/mol. The summed E-state index contributed by atoms with van der Waals surface area (Å²) in [7, 11) is 0. The first-order valence-electron chi connectivity index (χ1n) is 8.36. The third-order valence-corrected chi connectivity index (χ3v) is 4.04. The zero-order valence-corrected chi connectivity index (χ0v) is 15.4. The Morgan fingerprint density at radius 3 is 2.60 bits per heavy atom. The Balaban J connectivity index is 3.36. The van der Waals surface area contributed by atoms with Gasteiger partial charge in [-0.25, -0.2) is 4.79 Å². The number of rotatable bonds is 2. The van der Waals surface area contributed by atoms with Crippen LogP contribution in [0.15, 0.2) is 46.2 Å². The van der Waals surface area contributed by atoms with Gasteiger partial charge in [-0.2, -0.15) is 0 Å². The molecular formula is C19H25ClO5. The van der Waals surface area contributed by atoms with Crippen molar-refractivity contribution in [3.8, 4) is 0 Å². The van der Waals surface area contributed by atoms with E-state index in [0.29, 0.717) is 12.8 Å². The summed E-state index contributed by atoms with van der Waals surface area (Å²) in [5, 5.41) is 19.5. The van der Waals surface area contributed by atoms with Crippen LogP contribution in [-0.2, 0) is 14.3 Å². The van der Waals surface area contributed by atoms with Crippen LogP contribution >= 0.6 is 11.6 Å². The zero-order chi connectivity index (χ0) is 18.8. The predicted molar refractivity (Wildman–Crippen MR) is 97.2 cm³/mol. The molecule has 0 aromatic rings. The first-order valence-corrected chi connectivity index (χ1v) is 8.74. The van der Waals surface area contributed by atoms with Gasteiger partial charge < -0.3 is 14.9 Å². The fourth-order valence-corrected chi connectivity index (χ4v) is 2.50. The van der Waals surface area contributed by atoms with E-state index in [1.807, 2.05) is 12.2 Å². The maximum absolute atomic E-state index is 12.6. The summed E-state index contributed by atoms with van der Waals surface area (Å²) >= 11 is 6.05. The van der Waals surface area contributed by atoms with E-state index in [4.69, 9.17) is 16.3 Å². The SMILES string of the molecule is CC/C(O)=C1/C(=O)O[C@H](C)C/C=C/CC/C=C/C(=O)C/C1=C(\Cl)CO. The Hall–Kier alpha value is -1.85. The quantitative estimate of drug-likeness (QED) is 0.334. The van der Waals surface area contributed by atoms with Gasteiger partial charge in [0.1, 0.15) is 17.4 Å². The van der Waals surface area contributed by atoms with Gasteiger partial charge in [0.25, 0.3) is 0 Å². The molecule has 1 heterocycles. The molecule has 2 N–H and O–H groups in total. The average Bonchev–Trinajstić information content (AvgIpc) is 2.58. The summed E-state index contributed by atoms with van der Waals surface area (Å²) in [6.45, 7) is 2.87. The number of carbonyl (C=O) groups is 2. The number of halogens is 1. The third kappa shape index (κ3) is 6.88. The van der Waals surface area contributed by atoms with Crippen LogP contribution < -0.4 is 0 Å². The van der Waals surface area contributed by atoms with E-state index < -0.39 is 18.7 Å². The highest BCUT2D eigenvalue weighted by molar-refractivity contribution is 6.31. The molecule has 0 spiro atoms. The van der Waals surface area contributed by atoms with Gasteiger partial charge in [-0.05, 0) is 31.4 Å². The number of hydrogen-bond donors (Lipinski definition) is 2. The highest BCUT2D eigenvalue weighted by Gasteiger charge is 2.26. The van der Waals surface area contributed by atoms with Gasteiger partial charge >= 0.3 is 5.97 Å². The highest BCUT2D eigenvalue weighted by atomic mass is 35.5. The molecule has 1 aliphatic heterocycles. The number of allylic oxidation sites excluding steroid dienone is 4. The standard InChI is InChI=1S/C19H25ClO5/c1-3-17(23)18-15(16(20)12-21)11-14(22)10-8-6-4-5-7-9-13(2)25-19(18)24/h5,7-8,10,13,21,23H,3-4,6,9,11-12H2,1-2H3/b7-5+,10-8+,16-15+,18-17-/t13-/m1/s1. The van der Waals surface area contributed by atoms with Crippen LogP contribution in [0.4, 0.5) is 0 Å². The molecule has 0 fully saturated rings. The Morgan fingerprint density at radius 2 is 1.96 bits per heavy atom. The maximum atomic E-state index is 12.6. The molecule has 0 aliphatic carbocycles. The van der Waals surface area contributed by atoms with Crippen molar-refractivity contribution in [1.82, 2.24) is 0 Å². The normalized spacial score (nSPS) is 27.1. The van der Waals surface area contributed by atoms with Crippen molar-refractivity contribution in [2.75, 3.05) is 6.61 Å². The molecule has 0 saturated heterocycles. The molecule has 138 valence electrons. The molecule has 6 heteroatoms. The van der Waals surface area contributed by atoms with E-state index in [0.717, 1.165) is 6.42 Å². The molecule has 5 nitrogen and oxygen atoms in total. The zero-order valence-electron chi connectivity index (χ0n) is 14.6. The summed E-state index contributed by atoms with van der Waals surface area (Å²) in [6.07, 6.45) is 8.69. The smallest absolute Gasteiger partial charge is 0.342 e. The van der Waals surface area contributed by atoms with Crippen molar-refractivity contribution in [2.24, 2.45) is 0 Å². The van der Waals surface area contributed by atoms with Crippen LogP contribution in [0.25, 0.3) is 0 Å². The number of ether oxygens (including phenoxy) is 1. The summed E-state index contributed by atoms with van der Waals surface area (Å²) in [4.78, 5) is 24.7. The molecule has 0 aromatic heterocycles. The Bertz CT molecular complexity index is 613. The number of esters is 1. The number of hydrogen-bond acceptors (Lipinski definition) is 5. The van der Waals surface area contributed by atoms with Crippen LogP contribution in [0.5, 0.6) is 0 Å². The van der Waals surface area contributed by atoms with Gasteiger partial charge in [-0.3, -0.25) is 4.79 Å². The number of ketones is 1. The monoisotopic (exact) mass is 368 g/mol. The summed E-state index contributed by atoms with van der Waals surface area (Å²) in [5.74, 6) is -1.25. The maximum Gasteiger partial charge on any atom is 0.342 e. The Labute approximate surface area is 153 Å². The lowest BCUT2D eigenvalue weighted by atomic mass is 9.97. The number of aliphatic hydroxyl groups is 2. The van der Waals surface area contributed by atoms with E-state index in [-0.39, 0.29) is 40.6 Å². The van der Waals surface area contributed by atoms with Crippen molar-refractivity contribution in [1.29, 1.82) is 0 Å². The largest absolute Gasteiger partial charge is 0.511 e. The fraction of sp³-hybridized carbons (Fsp3) is 0.474. The van der Waals surface area contributed by atoms with Gasteiger partial charge in [0.2, 0.25) is 0 Å². The predicted octanol–water partition coefficient (Wildman–Crippen LogP) is 3.88. The number of aliphatic hydroxyl groups excluding tert-OH is 2. The molecule has 0 radical (unpaired) electrons. The van der Waals surface area contributed by atoms with Gasteiger partial charge in [0.15, 0.2) is 5.78 Å². The minimum absolute atomic E-state index is 0.0617. The van der Waals surface area contributed by atoms with E-state index in [1.165, 1.54) is 6.08 Å². The first-order chi connectivity index (χ1) is 11.9. The van der Waals surface area contributed by atoms with E-state index >= 15 is 0 Å². The molecule has 0 saturated carbocycles. The molecule has 1 rings (SSSR count). The van der Waals surface area contributed by atoms with Crippen molar-refractivity contribution in [3.63, 3.8) is 0 Å². The van der Waals surface area contributed by atoms with Gasteiger partial charge in [0, 0.05) is 24.3 Å². The molecule has 0 aromatic carbocycles. The van der Waals surface area contributed by atoms with E-state index in [2.05, 4.69) is 0 Å². The van der Waals surface area contributed by atoms with Crippen LogP contribution in [0.1, 0.15) is 46.0 Å². The van der Waals surface area contributed by atoms with Crippen molar-refractivity contribution >= 4 is 23.4 Å². The van der Waals surface area contributed by atoms with Crippen LogP contribution in [0, 0.1) is 0 Å². The number of carbonyl (C=O) groups excluding carboxylic acids is 2. The minimum Gasteiger partial charge on any atom is -0.511 e. The summed E-state index contributed by atoms with van der Waals surface area (Å²) in [6, 6.07) is 0. The second kappa shape index (κ2) is 10.9. The van der Waals surface area contributed by atoms with E-state index in [9.17, 15) is 19.8 Å². The van der Waals surface area contributed by atoms with Crippen LogP contribution in [-0.4, -0.2) is 34.7 Å². The molecule has 0 amide bonds. The molecule has 0 unspecified atom stereocenters. The lowest BCUT2D eigenvalue weighted by Gasteiger charge is -2.17. The van der Waals surface area contributed by atoms with Gasteiger partial charge in [-0.1, -0.05) is 36.8 Å².